The highest BCUT2D eigenvalue weighted by Crippen LogP contribution is 2.26. The molecule has 3 rings (SSSR count). The van der Waals surface area contributed by atoms with Crippen molar-refractivity contribution in [1.29, 1.82) is 0 Å². The molecule has 27 heavy (non-hydrogen) atoms. The highest BCUT2D eigenvalue weighted by Gasteiger charge is 2.23. The lowest BCUT2D eigenvalue weighted by atomic mass is 10.2. The van der Waals surface area contributed by atoms with Crippen LogP contribution in [0.5, 0.6) is 0 Å². The molecule has 0 aliphatic carbocycles. The number of nitrogens with one attached hydrogen (secondary N) is 1. The van der Waals surface area contributed by atoms with Crippen molar-refractivity contribution in [2.24, 2.45) is 0 Å². The molecule has 1 aromatic carbocycles. The number of amides is 1. The van der Waals surface area contributed by atoms with Gasteiger partial charge in [0, 0.05) is 31.2 Å². The van der Waals surface area contributed by atoms with Gasteiger partial charge < -0.3 is 15.0 Å². The number of morpholine rings is 1. The number of aromatic nitrogens is 3. The van der Waals surface area contributed by atoms with Crippen LogP contribution in [0.15, 0.2) is 29.4 Å². The first-order valence-corrected chi connectivity index (χ1v) is 10.3. The van der Waals surface area contributed by atoms with E-state index >= 15 is 0 Å². The van der Waals surface area contributed by atoms with Gasteiger partial charge in [0.05, 0.1) is 18.5 Å². The minimum Gasteiger partial charge on any atom is -0.378 e. The number of halogens is 1. The lowest BCUT2D eigenvalue weighted by Crippen LogP contribution is -2.38. The molecule has 1 aliphatic heterocycles. The largest absolute Gasteiger partial charge is 0.378 e. The molecule has 1 amide bonds. The van der Waals surface area contributed by atoms with Crippen LogP contribution in [0.4, 0.5) is 5.95 Å². The van der Waals surface area contributed by atoms with Crippen LogP contribution >= 0.6 is 23.4 Å². The van der Waals surface area contributed by atoms with Gasteiger partial charge in [0.1, 0.15) is 0 Å². The number of ether oxygens (including phenoxy) is 1. The summed E-state index contributed by atoms with van der Waals surface area (Å²) in [5.41, 5.74) is 0.899. The third-order valence-corrected chi connectivity index (χ3v) is 5.82. The molecule has 0 saturated carbocycles. The van der Waals surface area contributed by atoms with Crippen molar-refractivity contribution in [2.45, 2.75) is 37.3 Å². The average Bonchev–Trinajstić information content (AvgIpc) is 3.10. The van der Waals surface area contributed by atoms with Gasteiger partial charge in [-0.25, -0.2) is 0 Å². The molecule has 1 aromatic heterocycles. The molecule has 1 fully saturated rings. The monoisotopic (exact) mass is 409 g/mol. The molecule has 1 atom stereocenters. The lowest BCUT2D eigenvalue weighted by Gasteiger charge is -2.27. The summed E-state index contributed by atoms with van der Waals surface area (Å²) in [5.74, 6) is 0.783. The van der Waals surface area contributed by atoms with Crippen molar-refractivity contribution in [3.05, 3.63) is 34.9 Å². The SMILES string of the molecule is CCn1c(S[C@@H](C)C(=O)NCc2ccccc2Cl)nnc1N1CCOCC1. The van der Waals surface area contributed by atoms with E-state index in [0.717, 1.165) is 36.3 Å². The number of anilines is 1. The maximum absolute atomic E-state index is 12.5. The van der Waals surface area contributed by atoms with Crippen molar-refractivity contribution in [2.75, 3.05) is 31.2 Å². The number of carbonyl (C=O) groups excluding carboxylic acids is 1. The van der Waals surface area contributed by atoms with Gasteiger partial charge in [-0.2, -0.15) is 0 Å². The van der Waals surface area contributed by atoms with Crippen LogP contribution in [0.25, 0.3) is 0 Å². The fraction of sp³-hybridized carbons (Fsp3) is 0.500. The Morgan fingerprint density at radius 1 is 1.33 bits per heavy atom. The number of benzene rings is 1. The van der Waals surface area contributed by atoms with E-state index in [1.165, 1.54) is 11.8 Å². The van der Waals surface area contributed by atoms with Crippen LogP contribution in [0.3, 0.4) is 0 Å². The molecular formula is C18H24ClN5O2S. The van der Waals surface area contributed by atoms with Crippen molar-refractivity contribution >= 4 is 35.2 Å². The first-order chi connectivity index (χ1) is 13.1. The van der Waals surface area contributed by atoms with Crippen LogP contribution in [-0.4, -0.2) is 52.2 Å². The number of hydrogen-bond donors (Lipinski definition) is 1. The summed E-state index contributed by atoms with van der Waals surface area (Å²) < 4.78 is 7.45. The predicted octanol–water partition coefficient (Wildman–Crippen LogP) is 2.59. The normalized spacial score (nSPS) is 15.6. The van der Waals surface area contributed by atoms with E-state index < -0.39 is 0 Å². The van der Waals surface area contributed by atoms with E-state index in [1.54, 1.807) is 0 Å². The molecule has 0 unspecified atom stereocenters. The van der Waals surface area contributed by atoms with Crippen LogP contribution in [0.2, 0.25) is 5.02 Å². The lowest BCUT2D eigenvalue weighted by molar-refractivity contribution is -0.120. The third-order valence-electron chi connectivity index (χ3n) is 4.37. The standard InChI is InChI=1S/C18H24ClN5O2S/c1-3-24-17(23-8-10-26-11-9-23)21-22-18(24)27-13(2)16(25)20-12-14-6-4-5-7-15(14)19/h4-7,13H,3,8-12H2,1-2H3,(H,20,25)/t13-/m0/s1. The molecule has 1 saturated heterocycles. The Morgan fingerprint density at radius 3 is 2.78 bits per heavy atom. The summed E-state index contributed by atoms with van der Waals surface area (Å²) in [4.78, 5) is 14.7. The van der Waals surface area contributed by atoms with Crippen molar-refractivity contribution in [3.8, 4) is 0 Å². The molecule has 2 heterocycles. The van der Waals surface area contributed by atoms with Gasteiger partial charge in [-0.15, -0.1) is 10.2 Å². The van der Waals surface area contributed by atoms with Gasteiger partial charge >= 0.3 is 0 Å². The zero-order valence-corrected chi connectivity index (χ0v) is 17.1. The van der Waals surface area contributed by atoms with Gasteiger partial charge in [-0.05, 0) is 25.5 Å². The molecule has 2 aromatic rings. The summed E-state index contributed by atoms with van der Waals surface area (Å²) in [6.07, 6.45) is 0. The van der Waals surface area contributed by atoms with E-state index in [4.69, 9.17) is 16.3 Å². The maximum atomic E-state index is 12.5. The Bertz CT molecular complexity index is 779. The molecular weight excluding hydrogens is 386 g/mol. The van der Waals surface area contributed by atoms with Gasteiger partial charge in [0.2, 0.25) is 11.9 Å². The molecule has 1 aliphatic rings. The molecule has 146 valence electrons. The number of nitrogens with zero attached hydrogens (tertiary/aromatic N) is 4. The van der Waals surface area contributed by atoms with Crippen LogP contribution in [0.1, 0.15) is 19.4 Å². The predicted molar refractivity (Wildman–Crippen MR) is 107 cm³/mol. The Balaban J connectivity index is 1.61. The van der Waals surface area contributed by atoms with Crippen molar-refractivity contribution in [1.82, 2.24) is 20.1 Å². The smallest absolute Gasteiger partial charge is 0.233 e. The summed E-state index contributed by atoms with van der Waals surface area (Å²) in [6, 6.07) is 7.50. The van der Waals surface area contributed by atoms with E-state index in [9.17, 15) is 4.79 Å². The highest BCUT2D eigenvalue weighted by atomic mass is 35.5. The van der Waals surface area contributed by atoms with E-state index in [-0.39, 0.29) is 11.2 Å². The second kappa shape index (κ2) is 9.43. The first kappa shape index (κ1) is 20.0. The topological polar surface area (TPSA) is 72.3 Å². The number of rotatable bonds is 7. The quantitative estimate of drug-likeness (QED) is 0.708. The van der Waals surface area contributed by atoms with Crippen LogP contribution in [0, 0.1) is 0 Å². The Kier molecular flexibility index (Phi) is 6.98. The van der Waals surface area contributed by atoms with E-state index in [0.29, 0.717) is 24.8 Å². The summed E-state index contributed by atoms with van der Waals surface area (Å²) in [5, 5.41) is 12.7. The van der Waals surface area contributed by atoms with Crippen molar-refractivity contribution in [3.63, 3.8) is 0 Å². The minimum absolute atomic E-state index is 0.0569. The van der Waals surface area contributed by atoms with Crippen molar-refractivity contribution < 1.29 is 9.53 Å². The molecule has 0 bridgehead atoms. The average molecular weight is 410 g/mol. The fourth-order valence-electron chi connectivity index (χ4n) is 2.82. The molecule has 0 spiro atoms. The Morgan fingerprint density at radius 2 is 2.07 bits per heavy atom. The minimum atomic E-state index is -0.292. The Hall–Kier alpha value is -1.77. The molecule has 9 heteroatoms. The number of hydrogen-bond acceptors (Lipinski definition) is 6. The zero-order valence-electron chi connectivity index (χ0n) is 15.5. The van der Waals surface area contributed by atoms with E-state index in [2.05, 4.69) is 27.3 Å². The summed E-state index contributed by atoms with van der Waals surface area (Å²) in [7, 11) is 0. The fourth-order valence-corrected chi connectivity index (χ4v) is 3.96. The molecule has 0 radical (unpaired) electrons. The summed E-state index contributed by atoms with van der Waals surface area (Å²) in [6.45, 7) is 8.07. The van der Waals surface area contributed by atoms with Gasteiger partial charge in [0.15, 0.2) is 5.16 Å². The molecule has 1 N–H and O–H groups in total. The number of carbonyl (C=O) groups is 1. The van der Waals surface area contributed by atoms with Gasteiger partial charge in [-0.3, -0.25) is 9.36 Å². The second-order valence-electron chi connectivity index (χ2n) is 6.20. The first-order valence-electron chi connectivity index (χ1n) is 9.03. The van der Waals surface area contributed by atoms with Crippen LogP contribution < -0.4 is 10.2 Å². The summed E-state index contributed by atoms with van der Waals surface area (Å²) >= 11 is 7.55. The number of thioether (sulfide) groups is 1. The van der Waals surface area contributed by atoms with Gasteiger partial charge in [0.25, 0.3) is 0 Å². The highest BCUT2D eigenvalue weighted by molar-refractivity contribution is 8.00. The zero-order chi connectivity index (χ0) is 19.2. The Labute approximate surface area is 168 Å². The molecule has 7 nitrogen and oxygen atoms in total. The van der Waals surface area contributed by atoms with E-state index in [1.807, 2.05) is 35.8 Å². The third kappa shape index (κ3) is 4.94. The van der Waals surface area contributed by atoms with Crippen LogP contribution in [-0.2, 0) is 22.6 Å². The van der Waals surface area contributed by atoms with Gasteiger partial charge in [-0.1, -0.05) is 41.6 Å². The maximum Gasteiger partial charge on any atom is 0.233 e. The second-order valence-corrected chi connectivity index (χ2v) is 7.91.